The molecule has 2 N–H and O–H groups in total. The van der Waals surface area contributed by atoms with Gasteiger partial charge in [0.05, 0.1) is 12.7 Å². The van der Waals surface area contributed by atoms with Crippen LogP contribution in [0.2, 0.25) is 0 Å². The molecule has 0 saturated heterocycles. The lowest BCUT2D eigenvalue weighted by Gasteiger charge is -2.18. The zero-order chi connectivity index (χ0) is 14.7. The molecule has 0 heterocycles. The molecular formula is C15H15FN2O2. The van der Waals surface area contributed by atoms with Crippen LogP contribution in [0.3, 0.4) is 0 Å². The summed E-state index contributed by atoms with van der Waals surface area (Å²) in [6, 6.07) is 10.9. The normalized spacial score (nSPS) is 10.2. The second-order valence-electron chi connectivity index (χ2n) is 4.30. The number of benzene rings is 2. The molecule has 0 aliphatic rings. The van der Waals surface area contributed by atoms with Crippen molar-refractivity contribution in [1.29, 1.82) is 0 Å². The van der Waals surface area contributed by atoms with Crippen LogP contribution in [0, 0.1) is 5.82 Å². The molecule has 104 valence electrons. The Labute approximate surface area is 116 Å². The number of methoxy groups -OCH3 is 1. The molecule has 0 aromatic heterocycles. The van der Waals surface area contributed by atoms with Crippen LogP contribution in [-0.2, 0) is 0 Å². The van der Waals surface area contributed by atoms with Crippen molar-refractivity contribution in [3.63, 3.8) is 0 Å². The Morgan fingerprint density at radius 3 is 2.70 bits per heavy atom. The lowest BCUT2D eigenvalue weighted by molar-refractivity contribution is 0.0989. The van der Waals surface area contributed by atoms with Crippen LogP contribution in [-0.4, -0.2) is 20.1 Å². The minimum Gasteiger partial charge on any atom is -0.497 e. The van der Waals surface area contributed by atoms with Crippen LogP contribution < -0.4 is 15.4 Å². The van der Waals surface area contributed by atoms with Gasteiger partial charge in [0, 0.05) is 24.5 Å². The number of anilines is 2. The fourth-order valence-electron chi connectivity index (χ4n) is 1.82. The zero-order valence-corrected chi connectivity index (χ0v) is 11.3. The lowest BCUT2D eigenvalue weighted by atomic mass is 10.1. The monoisotopic (exact) mass is 274 g/mol. The van der Waals surface area contributed by atoms with Gasteiger partial charge in [0.1, 0.15) is 11.6 Å². The SMILES string of the molecule is COc1cccc(N(C)C(=O)c2cc(N)ccc2F)c1. The van der Waals surface area contributed by atoms with Crippen molar-refractivity contribution >= 4 is 17.3 Å². The van der Waals surface area contributed by atoms with E-state index in [2.05, 4.69) is 0 Å². The summed E-state index contributed by atoms with van der Waals surface area (Å²) in [5.41, 5.74) is 6.48. The summed E-state index contributed by atoms with van der Waals surface area (Å²) >= 11 is 0. The third-order valence-electron chi connectivity index (χ3n) is 2.97. The molecule has 1 amide bonds. The number of nitrogens with two attached hydrogens (primary N) is 1. The summed E-state index contributed by atoms with van der Waals surface area (Å²) in [4.78, 5) is 13.7. The number of halogens is 1. The van der Waals surface area contributed by atoms with Crippen LogP contribution in [0.1, 0.15) is 10.4 Å². The molecule has 0 radical (unpaired) electrons. The fraction of sp³-hybridized carbons (Fsp3) is 0.133. The number of amides is 1. The van der Waals surface area contributed by atoms with Gasteiger partial charge >= 0.3 is 0 Å². The van der Waals surface area contributed by atoms with E-state index in [0.717, 1.165) is 0 Å². The highest BCUT2D eigenvalue weighted by Gasteiger charge is 2.18. The maximum Gasteiger partial charge on any atom is 0.261 e. The van der Waals surface area contributed by atoms with Crippen molar-refractivity contribution in [1.82, 2.24) is 0 Å². The Morgan fingerprint density at radius 1 is 1.25 bits per heavy atom. The summed E-state index contributed by atoms with van der Waals surface area (Å²) in [6.45, 7) is 0. The standard InChI is InChI=1S/C15H15FN2O2/c1-18(11-4-3-5-12(9-11)20-2)15(19)13-8-10(17)6-7-14(13)16/h3-9H,17H2,1-2H3. The lowest BCUT2D eigenvalue weighted by Crippen LogP contribution is -2.27. The number of nitrogens with zero attached hydrogens (tertiary/aromatic N) is 1. The smallest absolute Gasteiger partial charge is 0.261 e. The predicted octanol–water partition coefficient (Wildman–Crippen LogP) is 2.69. The largest absolute Gasteiger partial charge is 0.497 e. The molecule has 0 fully saturated rings. The summed E-state index contributed by atoms with van der Waals surface area (Å²) in [6.07, 6.45) is 0. The average Bonchev–Trinajstić information content (AvgIpc) is 2.48. The van der Waals surface area contributed by atoms with Crippen LogP contribution in [0.15, 0.2) is 42.5 Å². The van der Waals surface area contributed by atoms with Gasteiger partial charge in [-0.1, -0.05) is 6.07 Å². The third-order valence-corrected chi connectivity index (χ3v) is 2.97. The Bertz CT molecular complexity index is 644. The first-order chi connectivity index (χ1) is 9.52. The van der Waals surface area contributed by atoms with E-state index < -0.39 is 11.7 Å². The van der Waals surface area contributed by atoms with Gasteiger partial charge in [-0.25, -0.2) is 4.39 Å². The summed E-state index contributed by atoms with van der Waals surface area (Å²) in [7, 11) is 3.11. The molecule has 4 nitrogen and oxygen atoms in total. The first-order valence-corrected chi connectivity index (χ1v) is 6.00. The Hall–Kier alpha value is -2.56. The van der Waals surface area contributed by atoms with Crippen molar-refractivity contribution in [3.05, 3.63) is 53.8 Å². The van der Waals surface area contributed by atoms with Crippen LogP contribution in [0.25, 0.3) is 0 Å². The summed E-state index contributed by atoms with van der Waals surface area (Å²) in [5, 5.41) is 0. The van der Waals surface area contributed by atoms with Gasteiger partial charge in [-0.2, -0.15) is 0 Å². The van der Waals surface area contributed by atoms with E-state index in [1.807, 2.05) is 0 Å². The number of carbonyl (C=O) groups excluding carboxylic acids is 1. The average molecular weight is 274 g/mol. The van der Waals surface area contributed by atoms with Crippen molar-refractivity contribution in [2.75, 3.05) is 24.8 Å². The first-order valence-electron chi connectivity index (χ1n) is 6.00. The minimum absolute atomic E-state index is 0.0599. The minimum atomic E-state index is -0.598. The highest BCUT2D eigenvalue weighted by Crippen LogP contribution is 2.22. The molecule has 0 aliphatic heterocycles. The Morgan fingerprint density at radius 2 is 2.00 bits per heavy atom. The van der Waals surface area contributed by atoms with Gasteiger partial charge in [-0.3, -0.25) is 4.79 Å². The number of ether oxygens (including phenoxy) is 1. The van der Waals surface area contributed by atoms with E-state index in [-0.39, 0.29) is 5.56 Å². The molecule has 2 aromatic carbocycles. The Kier molecular flexibility index (Phi) is 3.89. The Balaban J connectivity index is 2.34. The number of carbonyl (C=O) groups is 1. The molecule has 5 heteroatoms. The number of hydrogen-bond donors (Lipinski definition) is 1. The van der Waals surface area contributed by atoms with Gasteiger partial charge in [-0.05, 0) is 30.3 Å². The highest BCUT2D eigenvalue weighted by molar-refractivity contribution is 6.06. The summed E-state index contributed by atoms with van der Waals surface area (Å²) < 4.78 is 18.8. The third kappa shape index (κ3) is 2.71. The van der Waals surface area contributed by atoms with Crippen LogP contribution in [0.4, 0.5) is 15.8 Å². The maximum absolute atomic E-state index is 13.7. The van der Waals surface area contributed by atoms with E-state index in [1.54, 1.807) is 38.4 Å². The van der Waals surface area contributed by atoms with Crippen molar-refractivity contribution in [2.45, 2.75) is 0 Å². The molecule has 20 heavy (non-hydrogen) atoms. The molecular weight excluding hydrogens is 259 g/mol. The van der Waals surface area contributed by atoms with E-state index in [1.165, 1.54) is 23.1 Å². The summed E-state index contributed by atoms with van der Waals surface area (Å²) in [5.74, 6) is -0.447. The van der Waals surface area contributed by atoms with Gasteiger partial charge in [0.15, 0.2) is 0 Å². The van der Waals surface area contributed by atoms with Gasteiger partial charge in [0.2, 0.25) is 0 Å². The van der Waals surface area contributed by atoms with E-state index in [0.29, 0.717) is 17.1 Å². The molecule has 2 aromatic rings. The molecule has 0 unspecified atom stereocenters. The van der Waals surface area contributed by atoms with Crippen molar-refractivity contribution in [3.8, 4) is 5.75 Å². The van der Waals surface area contributed by atoms with Gasteiger partial charge in [-0.15, -0.1) is 0 Å². The van der Waals surface area contributed by atoms with E-state index in [9.17, 15) is 9.18 Å². The van der Waals surface area contributed by atoms with E-state index >= 15 is 0 Å². The second-order valence-corrected chi connectivity index (χ2v) is 4.30. The fourth-order valence-corrected chi connectivity index (χ4v) is 1.82. The topological polar surface area (TPSA) is 55.6 Å². The predicted molar refractivity (Wildman–Crippen MR) is 76.5 cm³/mol. The molecule has 0 bridgehead atoms. The van der Waals surface area contributed by atoms with Crippen molar-refractivity contribution in [2.24, 2.45) is 0 Å². The zero-order valence-electron chi connectivity index (χ0n) is 11.3. The quantitative estimate of drug-likeness (QED) is 0.875. The maximum atomic E-state index is 13.7. The highest BCUT2D eigenvalue weighted by atomic mass is 19.1. The molecule has 0 spiro atoms. The van der Waals surface area contributed by atoms with Crippen molar-refractivity contribution < 1.29 is 13.9 Å². The molecule has 0 atom stereocenters. The number of nitrogen functional groups attached to an aromatic ring is 1. The number of hydrogen-bond acceptors (Lipinski definition) is 3. The van der Waals surface area contributed by atoms with Gasteiger partial charge in [0.25, 0.3) is 5.91 Å². The van der Waals surface area contributed by atoms with Crippen LogP contribution in [0.5, 0.6) is 5.75 Å². The molecule has 0 aliphatic carbocycles. The molecule has 2 rings (SSSR count). The molecule has 0 saturated carbocycles. The number of rotatable bonds is 3. The van der Waals surface area contributed by atoms with Crippen LogP contribution >= 0.6 is 0 Å². The van der Waals surface area contributed by atoms with E-state index in [4.69, 9.17) is 10.5 Å². The second kappa shape index (κ2) is 5.61. The van der Waals surface area contributed by atoms with Gasteiger partial charge < -0.3 is 15.4 Å². The first kappa shape index (κ1) is 13.9.